The van der Waals surface area contributed by atoms with Crippen molar-refractivity contribution in [3.63, 3.8) is 0 Å². The van der Waals surface area contributed by atoms with Crippen LogP contribution < -0.4 is 29.9 Å². The lowest BCUT2D eigenvalue weighted by Crippen LogP contribution is -2.49. The second-order valence-corrected chi connectivity index (χ2v) is 10.6. The molecule has 0 radical (unpaired) electrons. The van der Waals surface area contributed by atoms with Crippen LogP contribution in [-0.4, -0.2) is 109 Å². The topological polar surface area (TPSA) is 136 Å². The minimum Gasteiger partial charge on any atom is -0.494 e. The zero-order valence-corrected chi connectivity index (χ0v) is 25.4. The van der Waals surface area contributed by atoms with Crippen LogP contribution in [0, 0.1) is 5.82 Å². The van der Waals surface area contributed by atoms with Gasteiger partial charge in [0.2, 0.25) is 17.8 Å². The van der Waals surface area contributed by atoms with Crippen molar-refractivity contribution >= 4 is 46.3 Å². The zero-order chi connectivity index (χ0) is 32.8. The van der Waals surface area contributed by atoms with E-state index >= 15 is 0 Å². The van der Waals surface area contributed by atoms with Crippen molar-refractivity contribution in [2.45, 2.75) is 13.5 Å². The van der Waals surface area contributed by atoms with E-state index in [9.17, 15) is 22.8 Å². The van der Waals surface area contributed by atoms with Gasteiger partial charge in [-0.05, 0) is 24.3 Å². The molecule has 0 unspecified atom stereocenters. The number of anilines is 6. The Kier molecular flexibility index (Phi) is 10.1. The van der Waals surface area contributed by atoms with Gasteiger partial charge >= 0.3 is 6.61 Å². The number of benzene rings is 2. The minimum atomic E-state index is -3.14. The fourth-order valence-electron chi connectivity index (χ4n) is 5.34. The summed E-state index contributed by atoms with van der Waals surface area (Å²) in [5.74, 6) is -1.15. The quantitative estimate of drug-likeness (QED) is 0.301. The van der Waals surface area contributed by atoms with Gasteiger partial charge in [-0.3, -0.25) is 9.59 Å². The van der Waals surface area contributed by atoms with Crippen molar-refractivity contribution in [3.05, 3.63) is 48.4 Å². The maximum Gasteiger partial charge on any atom is 0.387 e. The molecule has 1 aromatic heterocycles. The molecular formula is C30H35F3N8O5. The average Bonchev–Trinajstić information content (AvgIpc) is 3.06. The van der Waals surface area contributed by atoms with Crippen LogP contribution in [0.4, 0.5) is 47.7 Å². The van der Waals surface area contributed by atoms with E-state index in [1.54, 1.807) is 24.0 Å². The molecule has 0 atom stereocenters. The lowest BCUT2D eigenvalue weighted by atomic mass is 10.2. The van der Waals surface area contributed by atoms with Gasteiger partial charge in [0.1, 0.15) is 12.4 Å². The third-order valence-corrected chi connectivity index (χ3v) is 7.83. The van der Waals surface area contributed by atoms with Crippen LogP contribution in [0.25, 0.3) is 0 Å². The first-order valence-electron chi connectivity index (χ1n) is 14.6. The number of rotatable bonds is 10. The number of methoxy groups -OCH3 is 1. The van der Waals surface area contributed by atoms with Gasteiger partial charge in [0.05, 0.1) is 24.7 Å². The minimum absolute atomic E-state index is 0.0215. The van der Waals surface area contributed by atoms with E-state index in [-0.39, 0.29) is 35.0 Å². The first-order valence-corrected chi connectivity index (χ1v) is 14.6. The highest BCUT2D eigenvalue weighted by Gasteiger charge is 2.23. The second-order valence-electron chi connectivity index (χ2n) is 10.6. The van der Waals surface area contributed by atoms with Gasteiger partial charge in [0, 0.05) is 82.8 Å². The Labute approximate surface area is 263 Å². The van der Waals surface area contributed by atoms with Gasteiger partial charge in [-0.2, -0.15) is 13.8 Å². The molecule has 0 aliphatic carbocycles. The monoisotopic (exact) mass is 644 g/mol. The molecule has 2 aliphatic rings. The van der Waals surface area contributed by atoms with Gasteiger partial charge in [-0.1, -0.05) is 0 Å². The summed E-state index contributed by atoms with van der Waals surface area (Å²) in [6.45, 7) is 1.98. The molecule has 2 amide bonds. The van der Waals surface area contributed by atoms with E-state index < -0.39 is 19.0 Å². The van der Waals surface area contributed by atoms with Crippen LogP contribution >= 0.6 is 0 Å². The largest absolute Gasteiger partial charge is 0.494 e. The molecule has 3 aromatic rings. The standard InChI is InChI=1S/C30H35F3N8O5/c1-19(43)38-7-9-39(10-8-38)20-3-5-23(25(15-20)45-2)36-30-34-17-22(31)28(37-30)35-24-6-4-21(16-26(24)46-29(32)33)40-11-13-41(14-12-40)27(44)18-42/h3-6,15-17,29,42H,7-14,18H2,1-2H3,(H2,34,35,36,37). The van der Waals surface area contributed by atoms with Crippen LogP contribution in [0.5, 0.6) is 11.5 Å². The molecule has 13 nitrogen and oxygen atoms in total. The zero-order valence-electron chi connectivity index (χ0n) is 25.4. The van der Waals surface area contributed by atoms with E-state index in [1.165, 1.54) is 24.1 Å². The number of piperazine rings is 2. The van der Waals surface area contributed by atoms with Gasteiger partial charge in [-0.15, -0.1) is 0 Å². The number of amides is 2. The summed E-state index contributed by atoms with van der Waals surface area (Å²) >= 11 is 0. The second kappa shape index (κ2) is 14.4. The third kappa shape index (κ3) is 7.62. The highest BCUT2D eigenvalue weighted by atomic mass is 19.3. The van der Waals surface area contributed by atoms with Crippen molar-refractivity contribution in [2.75, 3.05) is 86.5 Å². The Bertz CT molecular complexity index is 1550. The van der Waals surface area contributed by atoms with Crippen molar-refractivity contribution in [1.29, 1.82) is 0 Å². The molecule has 0 saturated carbocycles. The molecule has 3 N–H and O–H groups in total. The van der Waals surface area contributed by atoms with Gasteiger partial charge in [-0.25, -0.2) is 9.37 Å². The number of aromatic nitrogens is 2. The van der Waals surface area contributed by atoms with Gasteiger partial charge in [0.15, 0.2) is 17.4 Å². The van der Waals surface area contributed by atoms with E-state index in [0.29, 0.717) is 69.5 Å². The van der Waals surface area contributed by atoms with Gasteiger partial charge < -0.3 is 44.8 Å². The van der Waals surface area contributed by atoms with E-state index in [1.807, 2.05) is 17.0 Å². The fourth-order valence-corrected chi connectivity index (χ4v) is 5.34. The summed E-state index contributed by atoms with van der Waals surface area (Å²) in [6, 6.07) is 10.0. The summed E-state index contributed by atoms with van der Waals surface area (Å²) in [5, 5.41) is 14.8. The molecule has 2 fully saturated rings. The van der Waals surface area contributed by atoms with E-state index in [4.69, 9.17) is 14.6 Å². The summed E-state index contributed by atoms with van der Waals surface area (Å²) in [6.07, 6.45) is 0.947. The first-order chi connectivity index (χ1) is 22.1. The SMILES string of the molecule is COc1cc(N2CCN(C(C)=O)CC2)ccc1Nc1ncc(F)c(Nc2ccc(N3CCN(C(=O)CO)CC3)cc2OC(F)F)n1. The molecule has 0 spiro atoms. The molecule has 0 bridgehead atoms. The first kappa shape index (κ1) is 32.4. The molecule has 2 saturated heterocycles. The smallest absolute Gasteiger partial charge is 0.387 e. The third-order valence-electron chi connectivity index (χ3n) is 7.83. The van der Waals surface area contributed by atoms with Crippen molar-refractivity contribution in [3.8, 4) is 11.5 Å². The van der Waals surface area contributed by atoms with Crippen LogP contribution in [0.2, 0.25) is 0 Å². The number of carbonyl (C=O) groups excluding carboxylic acids is 2. The number of alkyl halides is 2. The Morgan fingerprint density at radius 3 is 2.00 bits per heavy atom. The summed E-state index contributed by atoms with van der Waals surface area (Å²) in [5.41, 5.74) is 2.04. The molecule has 2 aliphatic heterocycles. The van der Waals surface area contributed by atoms with Crippen molar-refractivity contribution in [2.24, 2.45) is 0 Å². The molecule has 3 heterocycles. The predicted molar refractivity (Wildman–Crippen MR) is 165 cm³/mol. The fraction of sp³-hybridized carbons (Fsp3) is 0.400. The van der Waals surface area contributed by atoms with Gasteiger partial charge in [0.25, 0.3) is 0 Å². The predicted octanol–water partition coefficient (Wildman–Crippen LogP) is 3.02. The number of hydrogen-bond donors (Lipinski definition) is 3. The highest BCUT2D eigenvalue weighted by molar-refractivity contribution is 5.78. The Morgan fingerprint density at radius 2 is 1.46 bits per heavy atom. The maximum atomic E-state index is 14.9. The Morgan fingerprint density at radius 1 is 0.891 bits per heavy atom. The maximum absolute atomic E-state index is 14.9. The summed E-state index contributed by atoms with van der Waals surface area (Å²) in [4.78, 5) is 39.0. The van der Waals surface area contributed by atoms with Crippen LogP contribution in [0.3, 0.4) is 0 Å². The summed E-state index contributed by atoms with van der Waals surface area (Å²) in [7, 11) is 1.51. The normalized spacial score (nSPS) is 15.2. The van der Waals surface area contributed by atoms with E-state index in [0.717, 1.165) is 11.9 Å². The number of hydrogen-bond acceptors (Lipinski definition) is 11. The number of aliphatic hydroxyl groups excluding tert-OH is 1. The number of ether oxygens (including phenoxy) is 2. The van der Waals surface area contributed by atoms with Crippen molar-refractivity contribution in [1.82, 2.24) is 19.8 Å². The number of nitrogens with one attached hydrogen (secondary N) is 2. The number of nitrogens with zero attached hydrogens (tertiary/aromatic N) is 6. The molecular weight excluding hydrogens is 609 g/mol. The Hall–Kier alpha value is -4.99. The lowest BCUT2D eigenvalue weighted by Gasteiger charge is -2.36. The van der Waals surface area contributed by atoms with Crippen LogP contribution in [0.15, 0.2) is 42.6 Å². The number of halogens is 3. The molecule has 46 heavy (non-hydrogen) atoms. The molecule has 246 valence electrons. The molecule has 5 rings (SSSR count). The molecule has 2 aromatic carbocycles. The van der Waals surface area contributed by atoms with E-state index in [2.05, 4.69) is 25.5 Å². The van der Waals surface area contributed by atoms with Crippen LogP contribution in [-0.2, 0) is 9.59 Å². The average molecular weight is 645 g/mol. The lowest BCUT2D eigenvalue weighted by molar-refractivity contribution is -0.134. The highest BCUT2D eigenvalue weighted by Crippen LogP contribution is 2.35. The number of carbonyl (C=O) groups is 2. The van der Waals surface area contributed by atoms with Crippen LogP contribution in [0.1, 0.15) is 6.92 Å². The van der Waals surface area contributed by atoms with Crippen molar-refractivity contribution < 1.29 is 37.3 Å². The number of aliphatic hydroxyl groups is 1. The molecule has 16 heteroatoms. The summed E-state index contributed by atoms with van der Waals surface area (Å²) < 4.78 is 51.9. The Balaban J connectivity index is 1.31.